The van der Waals surface area contributed by atoms with Gasteiger partial charge in [-0.25, -0.2) is 4.79 Å². The molecule has 2 saturated heterocycles. The second-order valence-electron chi connectivity index (χ2n) is 6.23. The van der Waals surface area contributed by atoms with Crippen molar-refractivity contribution in [1.29, 1.82) is 0 Å². The molecular formula is C12H20N2O4. The van der Waals surface area contributed by atoms with Gasteiger partial charge in [-0.1, -0.05) is 0 Å². The molecule has 2 amide bonds. The molecule has 102 valence electrons. The van der Waals surface area contributed by atoms with E-state index in [1.165, 1.54) is 0 Å². The summed E-state index contributed by atoms with van der Waals surface area (Å²) in [6.07, 6.45) is -0.339. The molecular weight excluding hydrogens is 236 g/mol. The van der Waals surface area contributed by atoms with Gasteiger partial charge in [-0.2, -0.15) is 0 Å². The zero-order valence-electron chi connectivity index (χ0n) is 11.0. The van der Waals surface area contributed by atoms with Crippen molar-refractivity contribution >= 4 is 12.0 Å². The van der Waals surface area contributed by atoms with E-state index in [1.54, 1.807) is 4.90 Å². The third-order valence-electron chi connectivity index (χ3n) is 3.09. The van der Waals surface area contributed by atoms with E-state index in [1.807, 2.05) is 20.8 Å². The lowest BCUT2D eigenvalue weighted by atomic mass is 9.80. The van der Waals surface area contributed by atoms with Gasteiger partial charge < -0.3 is 20.1 Å². The number of hydrogen-bond acceptors (Lipinski definition) is 4. The zero-order valence-corrected chi connectivity index (χ0v) is 11.0. The molecule has 2 heterocycles. The molecule has 0 aromatic heterocycles. The number of likely N-dealkylation sites (tertiary alicyclic amines) is 1. The lowest BCUT2D eigenvalue weighted by Crippen LogP contribution is -2.74. The van der Waals surface area contributed by atoms with Crippen molar-refractivity contribution in [3.63, 3.8) is 0 Å². The van der Waals surface area contributed by atoms with Gasteiger partial charge in [0.25, 0.3) is 0 Å². The van der Waals surface area contributed by atoms with Crippen molar-refractivity contribution in [3.8, 4) is 0 Å². The van der Waals surface area contributed by atoms with Crippen molar-refractivity contribution < 1.29 is 19.4 Å². The Hall–Kier alpha value is -1.30. The summed E-state index contributed by atoms with van der Waals surface area (Å²) in [5.41, 5.74) is -0.971. The van der Waals surface area contributed by atoms with Crippen LogP contribution >= 0.6 is 0 Å². The first-order valence-electron chi connectivity index (χ1n) is 6.16. The number of aliphatic hydroxyl groups excluding tert-OH is 1. The van der Waals surface area contributed by atoms with Gasteiger partial charge in [-0.15, -0.1) is 0 Å². The smallest absolute Gasteiger partial charge is 0.410 e. The Balaban J connectivity index is 1.89. The normalized spacial score (nSPS) is 26.6. The van der Waals surface area contributed by atoms with Gasteiger partial charge in [0.2, 0.25) is 5.91 Å². The number of carbonyl (C=O) groups is 2. The number of ether oxygens (including phenoxy) is 1. The van der Waals surface area contributed by atoms with Crippen molar-refractivity contribution in [2.75, 3.05) is 13.1 Å². The molecule has 0 aliphatic carbocycles. The second-order valence-corrected chi connectivity index (χ2v) is 6.23. The van der Waals surface area contributed by atoms with Crippen LogP contribution in [0.4, 0.5) is 4.79 Å². The third-order valence-corrected chi connectivity index (χ3v) is 3.09. The van der Waals surface area contributed by atoms with Crippen molar-refractivity contribution in [1.82, 2.24) is 10.2 Å². The fourth-order valence-electron chi connectivity index (χ4n) is 2.48. The first-order chi connectivity index (χ1) is 8.19. The quantitative estimate of drug-likeness (QED) is 0.651. The fourth-order valence-corrected chi connectivity index (χ4v) is 2.48. The van der Waals surface area contributed by atoms with Crippen LogP contribution in [-0.2, 0) is 9.53 Å². The van der Waals surface area contributed by atoms with Crippen LogP contribution in [0.25, 0.3) is 0 Å². The van der Waals surface area contributed by atoms with E-state index in [0.717, 1.165) is 0 Å². The first kappa shape index (κ1) is 13.1. The largest absolute Gasteiger partial charge is 0.444 e. The number of nitrogens with one attached hydrogen (secondary N) is 1. The van der Waals surface area contributed by atoms with Gasteiger partial charge in [0.05, 0.1) is 18.1 Å². The number of rotatable bonds is 0. The molecule has 1 atom stereocenters. The number of carbonyl (C=O) groups excluding carboxylic acids is 2. The molecule has 0 aromatic carbocycles. The molecule has 1 spiro atoms. The van der Waals surface area contributed by atoms with Crippen LogP contribution in [0.1, 0.15) is 33.6 Å². The predicted molar refractivity (Wildman–Crippen MR) is 63.9 cm³/mol. The summed E-state index contributed by atoms with van der Waals surface area (Å²) in [5.74, 6) is -0.155. The van der Waals surface area contributed by atoms with Crippen molar-refractivity contribution in [3.05, 3.63) is 0 Å². The summed E-state index contributed by atoms with van der Waals surface area (Å²) in [7, 11) is 0. The molecule has 2 fully saturated rings. The standard InChI is InChI=1S/C12H20N2O4/c1-11(2,3)18-10(17)14-6-12(7-14)5-8(15)4-9(16)13-12/h8,15H,4-7H2,1-3H3,(H,13,16)/t8-/m0/s1. The molecule has 2 N–H and O–H groups in total. The Morgan fingerprint density at radius 3 is 2.61 bits per heavy atom. The molecule has 2 rings (SSSR count). The molecule has 0 saturated carbocycles. The monoisotopic (exact) mass is 256 g/mol. The number of hydrogen-bond donors (Lipinski definition) is 2. The maximum atomic E-state index is 11.8. The molecule has 0 bridgehead atoms. The molecule has 0 unspecified atom stereocenters. The maximum Gasteiger partial charge on any atom is 0.410 e. The zero-order chi connectivity index (χ0) is 13.6. The van der Waals surface area contributed by atoms with E-state index >= 15 is 0 Å². The average Bonchev–Trinajstić information content (AvgIpc) is 2.08. The van der Waals surface area contributed by atoms with Crippen LogP contribution in [-0.4, -0.2) is 52.3 Å². The first-order valence-corrected chi connectivity index (χ1v) is 6.16. The molecule has 6 nitrogen and oxygen atoms in total. The highest BCUT2D eigenvalue weighted by Gasteiger charge is 2.50. The minimum Gasteiger partial charge on any atom is -0.444 e. The number of aliphatic hydroxyl groups is 1. The molecule has 2 aliphatic heterocycles. The lowest BCUT2D eigenvalue weighted by Gasteiger charge is -2.52. The van der Waals surface area contributed by atoms with Gasteiger partial charge in [0, 0.05) is 19.5 Å². The topological polar surface area (TPSA) is 78.9 Å². The fraction of sp³-hybridized carbons (Fsp3) is 0.833. The Morgan fingerprint density at radius 1 is 1.50 bits per heavy atom. The second kappa shape index (κ2) is 4.12. The minimum atomic E-state index is -0.612. The lowest BCUT2D eigenvalue weighted by molar-refractivity contribution is -0.134. The Labute approximate surface area is 106 Å². The molecule has 0 radical (unpaired) electrons. The van der Waals surface area contributed by atoms with E-state index in [0.29, 0.717) is 19.5 Å². The highest BCUT2D eigenvalue weighted by molar-refractivity contribution is 5.79. The van der Waals surface area contributed by atoms with Gasteiger partial charge in [-0.3, -0.25) is 4.79 Å². The van der Waals surface area contributed by atoms with Gasteiger partial charge >= 0.3 is 6.09 Å². The van der Waals surface area contributed by atoms with Crippen LogP contribution in [0.15, 0.2) is 0 Å². The Morgan fingerprint density at radius 2 is 2.11 bits per heavy atom. The predicted octanol–water partition coefficient (Wildman–Crippen LogP) is 0.247. The van der Waals surface area contributed by atoms with E-state index in [4.69, 9.17) is 4.74 Å². The van der Waals surface area contributed by atoms with Crippen LogP contribution in [0.3, 0.4) is 0 Å². The van der Waals surface area contributed by atoms with Crippen LogP contribution < -0.4 is 5.32 Å². The van der Waals surface area contributed by atoms with Crippen LogP contribution in [0.2, 0.25) is 0 Å². The van der Waals surface area contributed by atoms with Crippen LogP contribution in [0.5, 0.6) is 0 Å². The summed E-state index contributed by atoms with van der Waals surface area (Å²) in [6.45, 7) is 6.25. The number of amides is 2. The average molecular weight is 256 g/mol. The summed E-state index contributed by atoms with van der Waals surface area (Å²) in [4.78, 5) is 24.7. The summed E-state index contributed by atoms with van der Waals surface area (Å²) >= 11 is 0. The number of nitrogens with zero attached hydrogens (tertiary/aromatic N) is 1. The van der Waals surface area contributed by atoms with Crippen molar-refractivity contribution in [2.45, 2.75) is 50.9 Å². The van der Waals surface area contributed by atoms with Crippen molar-refractivity contribution in [2.24, 2.45) is 0 Å². The van der Waals surface area contributed by atoms with E-state index in [2.05, 4.69) is 5.32 Å². The van der Waals surface area contributed by atoms with E-state index in [-0.39, 0.29) is 18.4 Å². The SMILES string of the molecule is CC(C)(C)OC(=O)N1CC2(C[C@@H](O)CC(=O)N2)C1. The molecule has 18 heavy (non-hydrogen) atoms. The highest BCUT2D eigenvalue weighted by atomic mass is 16.6. The summed E-state index contributed by atoms with van der Waals surface area (Å²) in [5, 5.41) is 12.5. The van der Waals surface area contributed by atoms with Gasteiger partial charge in [-0.05, 0) is 20.8 Å². The van der Waals surface area contributed by atoms with Gasteiger partial charge in [0.1, 0.15) is 5.60 Å². The minimum absolute atomic E-state index is 0.147. The third kappa shape index (κ3) is 2.75. The van der Waals surface area contributed by atoms with E-state index < -0.39 is 17.2 Å². The summed E-state index contributed by atoms with van der Waals surface area (Å²) in [6, 6.07) is 0. The highest BCUT2D eigenvalue weighted by Crippen LogP contribution is 2.31. The maximum absolute atomic E-state index is 11.8. The van der Waals surface area contributed by atoms with Gasteiger partial charge in [0.15, 0.2) is 0 Å². The van der Waals surface area contributed by atoms with Crippen LogP contribution in [0, 0.1) is 0 Å². The summed E-state index contributed by atoms with van der Waals surface area (Å²) < 4.78 is 5.24. The molecule has 6 heteroatoms. The Bertz CT molecular complexity index is 369. The molecule has 0 aromatic rings. The number of piperidine rings is 1. The Kier molecular flexibility index (Phi) is 3.01. The van der Waals surface area contributed by atoms with E-state index in [9.17, 15) is 14.7 Å². The molecule has 2 aliphatic rings.